The predicted octanol–water partition coefficient (Wildman–Crippen LogP) is 3.09. The summed E-state index contributed by atoms with van der Waals surface area (Å²) in [5.41, 5.74) is 4.15. The molecule has 0 atom stereocenters. The van der Waals surface area contributed by atoms with Crippen LogP contribution >= 0.6 is 0 Å². The molecule has 0 amide bonds. The SMILES string of the molecule is Cc1ccccc1-n1ncc2c1CCCCC2=O. The molecule has 1 aromatic heterocycles. The highest BCUT2D eigenvalue weighted by Crippen LogP contribution is 2.24. The molecule has 0 aliphatic heterocycles. The number of nitrogens with zero attached hydrogens (tertiary/aromatic N) is 2. The Balaban J connectivity index is 2.15. The van der Waals surface area contributed by atoms with Gasteiger partial charge in [-0.05, 0) is 37.8 Å². The minimum atomic E-state index is 0.238. The maximum absolute atomic E-state index is 12.0. The standard InChI is InChI=1S/C15H16N2O/c1-11-6-2-3-7-13(11)17-14-8-4-5-9-15(18)12(14)10-16-17/h2-3,6-7,10H,4-5,8-9H2,1H3. The van der Waals surface area contributed by atoms with Gasteiger partial charge < -0.3 is 0 Å². The summed E-state index contributed by atoms with van der Waals surface area (Å²) in [6, 6.07) is 8.15. The van der Waals surface area contributed by atoms with E-state index in [1.165, 1.54) is 5.56 Å². The number of Topliss-reactive ketones (excluding diaryl/α,β-unsaturated/α-hetero) is 1. The van der Waals surface area contributed by atoms with Crippen LogP contribution in [0.3, 0.4) is 0 Å². The molecule has 3 heteroatoms. The number of ketones is 1. The maximum atomic E-state index is 12.0. The molecule has 0 saturated heterocycles. The topological polar surface area (TPSA) is 34.9 Å². The lowest BCUT2D eigenvalue weighted by Crippen LogP contribution is -2.05. The van der Waals surface area contributed by atoms with Crippen LogP contribution in [0, 0.1) is 6.92 Å². The van der Waals surface area contributed by atoms with Crippen LogP contribution in [0.25, 0.3) is 5.69 Å². The highest BCUT2D eigenvalue weighted by Gasteiger charge is 2.21. The first kappa shape index (κ1) is 11.2. The molecule has 2 aromatic rings. The van der Waals surface area contributed by atoms with Crippen molar-refractivity contribution in [3.05, 3.63) is 47.3 Å². The van der Waals surface area contributed by atoms with E-state index >= 15 is 0 Å². The zero-order valence-electron chi connectivity index (χ0n) is 10.5. The lowest BCUT2D eigenvalue weighted by atomic mass is 10.1. The van der Waals surface area contributed by atoms with Crippen LogP contribution in [0.2, 0.25) is 0 Å². The molecule has 1 aromatic carbocycles. The summed E-state index contributed by atoms with van der Waals surface area (Å²) in [6.45, 7) is 2.07. The van der Waals surface area contributed by atoms with E-state index in [4.69, 9.17) is 0 Å². The Morgan fingerprint density at radius 1 is 1.17 bits per heavy atom. The average molecular weight is 240 g/mol. The fourth-order valence-corrected chi connectivity index (χ4v) is 2.57. The maximum Gasteiger partial charge on any atom is 0.166 e. The molecule has 92 valence electrons. The van der Waals surface area contributed by atoms with E-state index in [-0.39, 0.29) is 5.78 Å². The van der Waals surface area contributed by atoms with Gasteiger partial charge in [0.1, 0.15) is 0 Å². The van der Waals surface area contributed by atoms with Crippen molar-refractivity contribution in [1.29, 1.82) is 0 Å². The molecule has 18 heavy (non-hydrogen) atoms. The average Bonchev–Trinajstić information content (AvgIpc) is 2.70. The first-order valence-electron chi connectivity index (χ1n) is 6.43. The van der Waals surface area contributed by atoms with Gasteiger partial charge in [0.15, 0.2) is 5.78 Å². The molecule has 0 bridgehead atoms. The monoisotopic (exact) mass is 240 g/mol. The summed E-state index contributed by atoms with van der Waals surface area (Å²) in [6.07, 6.45) is 5.38. The van der Waals surface area contributed by atoms with Crippen molar-refractivity contribution < 1.29 is 4.79 Å². The van der Waals surface area contributed by atoms with Crippen LogP contribution in [0.5, 0.6) is 0 Å². The summed E-state index contributed by atoms with van der Waals surface area (Å²) < 4.78 is 1.94. The van der Waals surface area contributed by atoms with Crippen LogP contribution in [0.1, 0.15) is 40.9 Å². The van der Waals surface area contributed by atoms with Crippen LogP contribution < -0.4 is 0 Å². The number of fused-ring (bicyclic) bond motifs is 1. The van der Waals surface area contributed by atoms with Crippen molar-refractivity contribution in [2.75, 3.05) is 0 Å². The molecule has 1 aliphatic rings. The highest BCUT2D eigenvalue weighted by molar-refractivity contribution is 5.97. The van der Waals surface area contributed by atoms with Gasteiger partial charge in [-0.25, -0.2) is 4.68 Å². The van der Waals surface area contributed by atoms with Gasteiger partial charge in [0.25, 0.3) is 0 Å². The van der Waals surface area contributed by atoms with Gasteiger partial charge in [0.05, 0.1) is 23.1 Å². The number of hydrogen-bond donors (Lipinski definition) is 0. The van der Waals surface area contributed by atoms with Crippen LogP contribution in [-0.2, 0) is 6.42 Å². The van der Waals surface area contributed by atoms with Gasteiger partial charge in [0.2, 0.25) is 0 Å². The van der Waals surface area contributed by atoms with Crippen molar-refractivity contribution in [3.8, 4) is 5.69 Å². The Morgan fingerprint density at radius 2 is 1.94 bits per heavy atom. The summed E-state index contributed by atoms with van der Waals surface area (Å²) in [7, 11) is 0. The first-order valence-corrected chi connectivity index (χ1v) is 6.43. The zero-order valence-corrected chi connectivity index (χ0v) is 10.5. The van der Waals surface area contributed by atoms with E-state index in [9.17, 15) is 4.79 Å². The normalized spacial score (nSPS) is 15.3. The van der Waals surface area contributed by atoms with E-state index in [1.54, 1.807) is 6.20 Å². The lowest BCUT2D eigenvalue weighted by Gasteiger charge is -2.09. The molecule has 3 nitrogen and oxygen atoms in total. The zero-order chi connectivity index (χ0) is 12.5. The van der Waals surface area contributed by atoms with Crippen molar-refractivity contribution in [3.63, 3.8) is 0 Å². The minimum Gasteiger partial charge on any atom is -0.294 e. The largest absolute Gasteiger partial charge is 0.294 e. The molecule has 1 aliphatic carbocycles. The molecule has 0 unspecified atom stereocenters. The van der Waals surface area contributed by atoms with E-state index in [1.807, 2.05) is 16.8 Å². The second kappa shape index (κ2) is 4.41. The van der Waals surface area contributed by atoms with E-state index < -0.39 is 0 Å². The molecular formula is C15H16N2O. The number of para-hydroxylation sites is 1. The minimum absolute atomic E-state index is 0.238. The molecule has 3 rings (SSSR count). The smallest absolute Gasteiger partial charge is 0.166 e. The van der Waals surface area contributed by atoms with Gasteiger partial charge in [-0.3, -0.25) is 4.79 Å². The molecule has 0 radical (unpaired) electrons. The number of hydrogen-bond acceptors (Lipinski definition) is 2. The van der Waals surface area contributed by atoms with Gasteiger partial charge in [-0.15, -0.1) is 0 Å². The van der Waals surface area contributed by atoms with Gasteiger partial charge in [-0.1, -0.05) is 18.2 Å². The van der Waals surface area contributed by atoms with Crippen LogP contribution in [-0.4, -0.2) is 15.6 Å². The second-order valence-corrected chi connectivity index (χ2v) is 4.83. The Labute approximate surface area is 106 Å². The number of benzene rings is 1. The van der Waals surface area contributed by atoms with Gasteiger partial charge in [0, 0.05) is 6.42 Å². The summed E-state index contributed by atoms with van der Waals surface area (Å²) in [5, 5.41) is 4.42. The summed E-state index contributed by atoms with van der Waals surface area (Å²) in [5.74, 6) is 0.238. The van der Waals surface area contributed by atoms with Crippen molar-refractivity contribution in [1.82, 2.24) is 9.78 Å². The highest BCUT2D eigenvalue weighted by atomic mass is 16.1. The van der Waals surface area contributed by atoms with E-state index in [0.717, 1.165) is 36.2 Å². The van der Waals surface area contributed by atoms with Gasteiger partial charge in [-0.2, -0.15) is 5.10 Å². The summed E-state index contributed by atoms with van der Waals surface area (Å²) >= 11 is 0. The van der Waals surface area contributed by atoms with Crippen LogP contribution in [0.4, 0.5) is 0 Å². The molecule has 0 N–H and O–H groups in total. The first-order chi connectivity index (χ1) is 8.77. The Bertz CT molecular complexity index is 598. The van der Waals surface area contributed by atoms with Gasteiger partial charge >= 0.3 is 0 Å². The molecular weight excluding hydrogens is 224 g/mol. The number of carbonyl (C=O) groups is 1. The summed E-state index contributed by atoms with van der Waals surface area (Å²) in [4.78, 5) is 12.0. The van der Waals surface area contributed by atoms with E-state index in [2.05, 4.69) is 24.2 Å². The molecule has 0 saturated carbocycles. The third-order valence-electron chi connectivity index (χ3n) is 3.58. The fraction of sp³-hybridized carbons (Fsp3) is 0.333. The molecule has 1 heterocycles. The Morgan fingerprint density at radius 3 is 2.78 bits per heavy atom. The number of aromatic nitrogens is 2. The Hall–Kier alpha value is -1.90. The number of carbonyl (C=O) groups excluding carboxylic acids is 1. The molecule has 0 spiro atoms. The lowest BCUT2D eigenvalue weighted by molar-refractivity contribution is 0.0982. The third kappa shape index (κ3) is 1.76. The Kier molecular flexibility index (Phi) is 2.74. The quantitative estimate of drug-likeness (QED) is 0.718. The van der Waals surface area contributed by atoms with Crippen molar-refractivity contribution in [2.45, 2.75) is 32.6 Å². The second-order valence-electron chi connectivity index (χ2n) is 4.83. The molecule has 0 fully saturated rings. The van der Waals surface area contributed by atoms with E-state index in [0.29, 0.717) is 6.42 Å². The van der Waals surface area contributed by atoms with Crippen LogP contribution in [0.15, 0.2) is 30.5 Å². The number of aryl methyl sites for hydroxylation is 1. The third-order valence-corrected chi connectivity index (χ3v) is 3.58. The predicted molar refractivity (Wildman–Crippen MR) is 70.2 cm³/mol. The van der Waals surface area contributed by atoms with Crippen molar-refractivity contribution >= 4 is 5.78 Å². The fourth-order valence-electron chi connectivity index (χ4n) is 2.57. The number of rotatable bonds is 1. The van der Waals surface area contributed by atoms with Crippen molar-refractivity contribution in [2.24, 2.45) is 0 Å².